The van der Waals surface area contributed by atoms with Gasteiger partial charge in [0.25, 0.3) is 0 Å². The fraction of sp³-hybridized carbons (Fsp3) is 0.235. The number of hydrogen-bond acceptors (Lipinski definition) is 3. The first-order valence-corrected chi connectivity index (χ1v) is 9.86. The monoisotopic (exact) mass is 443 g/mol. The fourth-order valence-corrected chi connectivity index (χ4v) is 3.65. The van der Waals surface area contributed by atoms with Crippen molar-refractivity contribution in [3.8, 4) is 0 Å². The summed E-state index contributed by atoms with van der Waals surface area (Å²) >= 11 is 3.35. The van der Waals surface area contributed by atoms with Crippen LogP contribution in [0, 0.1) is 5.82 Å². The summed E-state index contributed by atoms with van der Waals surface area (Å²) in [5, 5.41) is 2.69. The molecule has 0 aliphatic heterocycles. The minimum absolute atomic E-state index is 0.206. The number of benzene rings is 2. The zero-order valence-electron chi connectivity index (χ0n) is 14.3. The highest BCUT2D eigenvalue weighted by Gasteiger charge is 2.27. The molecule has 0 aliphatic rings. The van der Waals surface area contributed by atoms with Crippen molar-refractivity contribution in [3.63, 3.8) is 0 Å². The standard InChI is InChI=1S/C17H19BrFN3O3S/c1-21(2)26(24,25)22(16-8-6-15(19)7-9-16)12-17(23)20-11-13-4-3-5-14(18)10-13/h3-10H,11-12H2,1-2H3,(H,20,23). The summed E-state index contributed by atoms with van der Waals surface area (Å²) in [7, 11) is -1.18. The molecule has 2 aromatic rings. The topological polar surface area (TPSA) is 69.7 Å². The van der Waals surface area contributed by atoms with Crippen molar-refractivity contribution in [1.29, 1.82) is 0 Å². The fourth-order valence-electron chi connectivity index (χ4n) is 2.14. The van der Waals surface area contributed by atoms with Gasteiger partial charge < -0.3 is 5.32 Å². The molecule has 0 aliphatic carbocycles. The van der Waals surface area contributed by atoms with E-state index in [1.165, 1.54) is 26.2 Å². The first-order chi connectivity index (χ1) is 12.2. The summed E-state index contributed by atoms with van der Waals surface area (Å²) in [5.74, 6) is -0.963. The van der Waals surface area contributed by atoms with Gasteiger partial charge in [0.15, 0.2) is 0 Å². The minimum atomic E-state index is -3.91. The average Bonchev–Trinajstić information content (AvgIpc) is 2.58. The molecule has 0 radical (unpaired) electrons. The third-order valence-corrected chi connectivity index (χ3v) is 5.83. The number of carbonyl (C=O) groups excluding carboxylic acids is 1. The molecule has 0 fully saturated rings. The van der Waals surface area contributed by atoms with Crippen LogP contribution in [-0.4, -0.2) is 39.3 Å². The van der Waals surface area contributed by atoms with Crippen LogP contribution in [0.25, 0.3) is 0 Å². The van der Waals surface area contributed by atoms with Gasteiger partial charge in [0.1, 0.15) is 12.4 Å². The molecule has 2 aromatic carbocycles. The third-order valence-electron chi connectivity index (χ3n) is 3.52. The lowest BCUT2D eigenvalue weighted by atomic mass is 10.2. The van der Waals surface area contributed by atoms with Gasteiger partial charge in [-0.2, -0.15) is 12.7 Å². The summed E-state index contributed by atoms with van der Waals surface area (Å²) in [5.41, 5.74) is 1.08. The molecule has 1 amide bonds. The quantitative estimate of drug-likeness (QED) is 0.714. The van der Waals surface area contributed by atoms with Crippen molar-refractivity contribution in [3.05, 3.63) is 64.4 Å². The number of amides is 1. The van der Waals surface area contributed by atoms with Gasteiger partial charge in [-0.1, -0.05) is 28.1 Å². The molecule has 0 atom stereocenters. The Morgan fingerprint density at radius 3 is 2.38 bits per heavy atom. The van der Waals surface area contributed by atoms with Gasteiger partial charge in [-0.25, -0.2) is 8.70 Å². The van der Waals surface area contributed by atoms with E-state index >= 15 is 0 Å². The largest absolute Gasteiger partial charge is 0.350 e. The second kappa shape index (κ2) is 8.61. The van der Waals surface area contributed by atoms with Gasteiger partial charge in [-0.15, -0.1) is 0 Å². The highest BCUT2D eigenvalue weighted by molar-refractivity contribution is 9.10. The SMILES string of the molecule is CN(C)S(=O)(=O)N(CC(=O)NCc1cccc(Br)c1)c1ccc(F)cc1. The van der Waals surface area contributed by atoms with E-state index in [-0.39, 0.29) is 12.2 Å². The van der Waals surface area contributed by atoms with Crippen molar-refractivity contribution in [2.75, 3.05) is 24.9 Å². The van der Waals surface area contributed by atoms with E-state index in [1.807, 2.05) is 24.3 Å². The Labute approximate surface area is 160 Å². The van der Waals surface area contributed by atoms with Gasteiger partial charge in [-0.3, -0.25) is 4.79 Å². The van der Waals surface area contributed by atoms with Gasteiger partial charge in [-0.05, 0) is 42.0 Å². The second-order valence-corrected chi connectivity index (χ2v) is 8.66. The molecule has 140 valence electrons. The van der Waals surface area contributed by atoms with Gasteiger partial charge >= 0.3 is 10.2 Å². The number of carbonyl (C=O) groups is 1. The van der Waals surface area contributed by atoms with Gasteiger partial charge in [0.2, 0.25) is 5.91 Å². The number of halogens is 2. The van der Waals surface area contributed by atoms with Crippen LogP contribution >= 0.6 is 15.9 Å². The molecule has 0 saturated heterocycles. The molecule has 0 saturated carbocycles. The Bertz CT molecular complexity index is 873. The average molecular weight is 444 g/mol. The lowest BCUT2D eigenvalue weighted by Crippen LogP contribution is -2.45. The Morgan fingerprint density at radius 1 is 1.15 bits per heavy atom. The van der Waals surface area contributed by atoms with E-state index < -0.39 is 28.5 Å². The van der Waals surface area contributed by atoms with Crippen LogP contribution in [0.15, 0.2) is 53.0 Å². The summed E-state index contributed by atoms with van der Waals surface area (Å²) in [6.07, 6.45) is 0. The van der Waals surface area contributed by atoms with E-state index in [1.54, 1.807) is 0 Å². The molecule has 1 N–H and O–H groups in total. The third kappa shape index (κ3) is 5.26. The predicted molar refractivity (Wildman–Crippen MR) is 102 cm³/mol. The Hall–Kier alpha value is -1.97. The first kappa shape index (κ1) is 20.3. The Balaban J connectivity index is 2.15. The summed E-state index contributed by atoms with van der Waals surface area (Å²) < 4.78 is 41.0. The van der Waals surface area contributed by atoms with Gasteiger partial charge in [0.05, 0.1) is 5.69 Å². The number of nitrogens with one attached hydrogen (secondary N) is 1. The molecule has 0 heterocycles. The maximum absolute atomic E-state index is 13.1. The number of hydrogen-bond donors (Lipinski definition) is 1. The van der Waals surface area contributed by atoms with Crippen LogP contribution in [0.2, 0.25) is 0 Å². The number of rotatable bonds is 7. The van der Waals surface area contributed by atoms with Crippen molar-refractivity contribution in [1.82, 2.24) is 9.62 Å². The Morgan fingerprint density at radius 2 is 1.81 bits per heavy atom. The van der Waals surface area contributed by atoms with Crippen LogP contribution in [0.3, 0.4) is 0 Å². The highest BCUT2D eigenvalue weighted by atomic mass is 79.9. The molecule has 0 spiro atoms. The van der Waals surface area contributed by atoms with E-state index in [0.717, 1.165) is 30.8 Å². The number of anilines is 1. The maximum Gasteiger partial charge on any atom is 0.304 e. The van der Waals surface area contributed by atoms with Crippen molar-refractivity contribution in [2.24, 2.45) is 0 Å². The molecule has 9 heteroatoms. The molecular weight excluding hydrogens is 425 g/mol. The molecular formula is C17H19BrFN3O3S. The molecule has 0 aromatic heterocycles. The van der Waals surface area contributed by atoms with E-state index in [2.05, 4.69) is 21.2 Å². The number of nitrogens with zero attached hydrogens (tertiary/aromatic N) is 2. The first-order valence-electron chi connectivity index (χ1n) is 7.67. The van der Waals surface area contributed by atoms with Crippen LogP contribution < -0.4 is 9.62 Å². The van der Waals surface area contributed by atoms with Crippen LogP contribution in [0.1, 0.15) is 5.56 Å². The van der Waals surface area contributed by atoms with E-state index in [4.69, 9.17) is 0 Å². The molecule has 0 unspecified atom stereocenters. The maximum atomic E-state index is 13.1. The molecule has 6 nitrogen and oxygen atoms in total. The highest BCUT2D eigenvalue weighted by Crippen LogP contribution is 2.19. The molecule has 2 rings (SSSR count). The summed E-state index contributed by atoms with van der Waals surface area (Å²) in [4.78, 5) is 12.3. The van der Waals surface area contributed by atoms with Crippen LogP contribution in [-0.2, 0) is 21.5 Å². The lowest BCUT2D eigenvalue weighted by molar-refractivity contribution is -0.119. The van der Waals surface area contributed by atoms with Crippen LogP contribution in [0.5, 0.6) is 0 Å². The normalized spacial score (nSPS) is 11.4. The molecule has 26 heavy (non-hydrogen) atoms. The zero-order valence-corrected chi connectivity index (χ0v) is 16.7. The van der Waals surface area contributed by atoms with Crippen molar-refractivity contribution >= 4 is 37.7 Å². The lowest BCUT2D eigenvalue weighted by Gasteiger charge is -2.26. The summed E-state index contributed by atoms with van der Waals surface area (Å²) in [6, 6.07) is 12.3. The van der Waals surface area contributed by atoms with Crippen molar-refractivity contribution < 1.29 is 17.6 Å². The van der Waals surface area contributed by atoms with Crippen molar-refractivity contribution in [2.45, 2.75) is 6.54 Å². The predicted octanol–water partition coefficient (Wildman–Crippen LogP) is 2.52. The van der Waals surface area contributed by atoms with Crippen LogP contribution in [0.4, 0.5) is 10.1 Å². The summed E-state index contributed by atoms with van der Waals surface area (Å²) in [6.45, 7) is -0.155. The second-order valence-electron chi connectivity index (χ2n) is 5.68. The smallest absolute Gasteiger partial charge is 0.304 e. The molecule has 0 bridgehead atoms. The zero-order chi connectivity index (χ0) is 19.3. The van der Waals surface area contributed by atoms with E-state index in [9.17, 15) is 17.6 Å². The minimum Gasteiger partial charge on any atom is -0.350 e. The van der Waals surface area contributed by atoms with Gasteiger partial charge in [0, 0.05) is 25.1 Å². The van der Waals surface area contributed by atoms with E-state index in [0.29, 0.717) is 0 Å². The Kier molecular flexibility index (Phi) is 6.74.